The van der Waals surface area contributed by atoms with Crippen LogP contribution < -0.4 is 15.8 Å². The van der Waals surface area contributed by atoms with Gasteiger partial charge in [-0.25, -0.2) is 9.18 Å². The number of carbonyl (C=O) groups is 3. The molecule has 2 amide bonds. The largest absolute Gasteiger partial charge is 0.497 e. The molecule has 0 unspecified atom stereocenters. The number of amides is 2. The number of esters is 1. The lowest BCUT2D eigenvalue weighted by molar-refractivity contribution is -0.123. The molecule has 0 aliphatic carbocycles. The van der Waals surface area contributed by atoms with E-state index in [1.807, 2.05) is 0 Å². The van der Waals surface area contributed by atoms with E-state index in [0.717, 1.165) is 6.07 Å². The molecule has 0 radical (unpaired) electrons. The summed E-state index contributed by atoms with van der Waals surface area (Å²) >= 11 is 0. The van der Waals surface area contributed by atoms with Gasteiger partial charge in [-0.1, -0.05) is 0 Å². The Morgan fingerprint density at radius 1 is 1.12 bits per heavy atom. The number of anilines is 1. The smallest absolute Gasteiger partial charge is 0.341 e. The van der Waals surface area contributed by atoms with Gasteiger partial charge in [-0.05, 0) is 43.3 Å². The molecule has 2 rings (SSSR count). The minimum Gasteiger partial charge on any atom is -0.497 e. The molecular formula is C18H17FN2O5. The summed E-state index contributed by atoms with van der Waals surface area (Å²) in [5.41, 5.74) is 5.50. The lowest BCUT2D eigenvalue weighted by Crippen LogP contribution is -2.30. The Bertz CT molecular complexity index is 836. The molecule has 0 spiro atoms. The first-order valence-electron chi connectivity index (χ1n) is 7.57. The van der Waals surface area contributed by atoms with E-state index in [2.05, 4.69) is 5.32 Å². The Labute approximate surface area is 148 Å². The lowest BCUT2D eigenvalue weighted by atomic mass is 10.2. The number of carbonyl (C=O) groups excluding carboxylic acids is 3. The first kappa shape index (κ1) is 18.9. The van der Waals surface area contributed by atoms with Crippen LogP contribution in [0, 0.1) is 5.82 Å². The number of hydrogen-bond acceptors (Lipinski definition) is 5. The maximum atomic E-state index is 13.9. The zero-order valence-electron chi connectivity index (χ0n) is 14.1. The molecule has 0 bridgehead atoms. The summed E-state index contributed by atoms with van der Waals surface area (Å²) < 4.78 is 23.7. The van der Waals surface area contributed by atoms with Gasteiger partial charge in [0.2, 0.25) is 5.91 Å². The summed E-state index contributed by atoms with van der Waals surface area (Å²) in [6.45, 7) is 1.35. The summed E-state index contributed by atoms with van der Waals surface area (Å²) in [5, 5.41) is 2.52. The number of primary amides is 1. The fraction of sp³-hybridized carbons (Fsp3) is 0.167. The molecule has 26 heavy (non-hydrogen) atoms. The molecule has 1 atom stereocenters. The highest BCUT2D eigenvalue weighted by atomic mass is 19.1. The molecule has 2 aromatic carbocycles. The number of ether oxygens (including phenoxy) is 2. The van der Waals surface area contributed by atoms with E-state index in [0.29, 0.717) is 5.69 Å². The molecule has 0 fully saturated rings. The number of rotatable bonds is 6. The molecule has 136 valence electrons. The van der Waals surface area contributed by atoms with E-state index in [4.69, 9.17) is 15.2 Å². The number of hydrogen-bond donors (Lipinski definition) is 2. The SMILES string of the molecule is COc1ccc(C(=O)O[C@@H](C)C(=O)Nc2ccc(C(N)=O)cc2)c(F)c1. The minimum atomic E-state index is -1.17. The van der Waals surface area contributed by atoms with Gasteiger partial charge in [-0.15, -0.1) is 0 Å². The van der Waals surface area contributed by atoms with Crippen molar-refractivity contribution in [2.75, 3.05) is 12.4 Å². The molecule has 0 heterocycles. The van der Waals surface area contributed by atoms with Gasteiger partial charge in [0.05, 0.1) is 12.7 Å². The van der Waals surface area contributed by atoms with Gasteiger partial charge in [0, 0.05) is 17.3 Å². The third kappa shape index (κ3) is 4.56. The number of nitrogens with two attached hydrogens (primary N) is 1. The highest BCUT2D eigenvalue weighted by Gasteiger charge is 2.21. The van der Waals surface area contributed by atoms with Crippen LogP contribution in [0.25, 0.3) is 0 Å². The van der Waals surface area contributed by atoms with Crippen LogP contribution in [-0.4, -0.2) is 31.0 Å². The van der Waals surface area contributed by atoms with E-state index in [-0.39, 0.29) is 16.9 Å². The van der Waals surface area contributed by atoms with Gasteiger partial charge < -0.3 is 20.5 Å². The van der Waals surface area contributed by atoms with Crippen molar-refractivity contribution in [2.45, 2.75) is 13.0 Å². The van der Waals surface area contributed by atoms with Crippen molar-refractivity contribution in [1.82, 2.24) is 0 Å². The second kappa shape index (κ2) is 8.11. The van der Waals surface area contributed by atoms with Crippen LogP contribution in [0.15, 0.2) is 42.5 Å². The first-order valence-corrected chi connectivity index (χ1v) is 7.57. The Balaban J connectivity index is 1.99. The normalized spacial score (nSPS) is 11.3. The summed E-state index contributed by atoms with van der Waals surface area (Å²) in [7, 11) is 1.37. The molecule has 0 aliphatic rings. The maximum Gasteiger partial charge on any atom is 0.341 e. The molecule has 3 N–H and O–H groups in total. The van der Waals surface area contributed by atoms with Crippen molar-refractivity contribution in [3.8, 4) is 5.75 Å². The predicted octanol–water partition coefficient (Wildman–Crippen LogP) is 2.12. The van der Waals surface area contributed by atoms with Gasteiger partial charge in [0.15, 0.2) is 6.10 Å². The van der Waals surface area contributed by atoms with E-state index >= 15 is 0 Å². The van der Waals surface area contributed by atoms with Crippen molar-refractivity contribution in [3.63, 3.8) is 0 Å². The van der Waals surface area contributed by atoms with Crippen molar-refractivity contribution in [1.29, 1.82) is 0 Å². The van der Waals surface area contributed by atoms with Crippen LogP contribution >= 0.6 is 0 Å². The highest BCUT2D eigenvalue weighted by molar-refractivity contribution is 5.98. The summed E-state index contributed by atoms with van der Waals surface area (Å²) in [5.74, 6) is -2.74. The third-order valence-corrected chi connectivity index (χ3v) is 3.49. The molecule has 0 aliphatic heterocycles. The number of benzene rings is 2. The molecule has 0 saturated heterocycles. The van der Waals surface area contributed by atoms with Crippen LogP contribution in [0.5, 0.6) is 5.75 Å². The van der Waals surface area contributed by atoms with E-state index < -0.39 is 29.7 Å². The fourth-order valence-electron chi connectivity index (χ4n) is 2.03. The zero-order chi connectivity index (χ0) is 19.3. The quantitative estimate of drug-likeness (QED) is 0.767. The van der Waals surface area contributed by atoms with Gasteiger partial charge in [0.25, 0.3) is 5.91 Å². The van der Waals surface area contributed by atoms with Gasteiger partial charge in [-0.2, -0.15) is 0 Å². The predicted molar refractivity (Wildman–Crippen MR) is 91.4 cm³/mol. The van der Waals surface area contributed by atoms with Crippen LogP contribution in [0.1, 0.15) is 27.6 Å². The van der Waals surface area contributed by atoms with E-state index in [9.17, 15) is 18.8 Å². The van der Waals surface area contributed by atoms with Crippen molar-refractivity contribution in [3.05, 3.63) is 59.4 Å². The van der Waals surface area contributed by atoms with Crippen LogP contribution in [0.3, 0.4) is 0 Å². The van der Waals surface area contributed by atoms with Crippen molar-refractivity contribution >= 4 is 23.5 Å². The average Bonchev–Trinajstić information content (AvgIpc) is 2.61. The Kier molecular flexibility index (Phi) is 5.90. The second-order valence-corrected chi connectivity index (χ2v) is 5.32. The van der Waals surface area contributed by atoms with Crippen LogP contribution in [0.2, 0.25) is 0 Å². The van der Waals surface area contributed by atoms with Crippen molar-refractivity contribution < 1.29 is 28.2 Å². The Morgan fingerprint density at radius 2 is 1.77 bits per heavy atom. The lowest BCUT2D eigenvalue weighted by Gasteiger charge is -2.14. The van der Waals surface area contributed by atoms with Gasteiger partial charge in [-0.3, -0.25) is 9.59 Å². The summed E-state index contributed by atoms with van der Waals surface area (Å²) in [6, 6.07) is 9.52. The maximum absolute atomic E-state index is 13.9. The average molecular weight is 360 g/mol. The van der Waals surface area contributed by atoms with E-state index in [1.165, 1.54) is 50.4 Å². The zero-order valence-corrected chi connectivity index (χ0v) is 14.1. The molecule has 0 aromatic heterocycles. The van der Waals surface area contributed by atoms with E-state index in [1.54, 1.807) is 0 Å². The Hall–Kier alpha value is -3.42. The van der Waals surface area contributed by atoms with Crippen molar-refractivity contribution in [2.24, 2.45) is 5.73 Å². The van der Waals surface area contributed by atoms with Gasteiger partial charge in [0.1, 0.15) is 11.6 Å². The topological polar surface area (TPSA) is 108 Å². The molecular weight excluding hydrogens is 343 g/mol. The van der Waals surface area contributed by atoms with Crippen LogP contribution in [-0.2, 0) is 9.53 Å². The monoisotopic (exact) mass is 360 g/mol. The number of halogens is 1. The second-order valence-electron chi connectivity index (χ2n) is 5.32. The Morgan fingerprint density at radius 3 is 2.31 bits per heavy atom. The number of nitrogens with one attached hydrogen (secondary N) is 1. The summed E-state index contributed by atoms with van der Waals surface area (Å²) in [6.07, 6.45) is -1.17. The fourth-order valence-corrected chi connectivity index (χ4v) is 2.03. The minimum absolute atomic E-state index is 0.254. The van der Waals surface area contributed by atoms with Crippen LogP contribution in [0.4, 0.5) is 10.1 Å². The third-order valence-electron chi connectivity index (χ3n) is 3.49. The summed E-state index contributed by atoms with van der Waals surface area (Å²) in [4.78, 5) is 35.1. The molecule has 0 saturated carbocycles. The molecule has 2 aromatic rings. The van der Waals surface area contributed by atoms with Gasteiger partial charge >= 0.3 is 5.97 Å². The molecule has 7 nitrogen and oxygen atoms in total. The first-order chi connectivity index (χ1) is 12.3. The highest BCUT2D eigenvalue weighted by Crippen LogP contribution is 2.18. The molecule has 8 heteroatoms. The standard InChI is InChI=1S/C18H17FN2O5/c1-10(17(23)21-12-5-3-11(4-6-12)16(20)22)26-18(24)14-8-7-13(25-2)9-15(14)19/h3-10H,1-2H3,(H2,20,22)(H,21,23)/t10-/m0/s1. The number of methoxy groups -OCH3 is 1.